The molecule has 1 amide bonds. The Morgan fingerprint density at radius 2 is 1.61 bits per heavy atom. The molecule has 28 heavy (non-hydrogen) atoms. The lowest BCUT2D eigenvalue weighted by molar-refractivity contribution is 0.102. The van der Waals surface area contributed by atoms with Crippen LogP contribution in [0.4, 0.5) is 10.1 Å². The van der Waals surface area contributed by atoms with E-state index in [4.69, 9.17) is 4.52 Å². The molecule has 6 heteroatoms. The van der Waals surface area contributed by atoms with Crippen LogP contribution in [0.5, 0.6) is 0 Å². The number of anilines is 1. The molecule has 0 bridgehead atoms. The lowest BCUT2D eigenvalue weighted by Crippen LogP contribution is -2.13. The fourth-order valence-corrected chi connectivity index (χ4v) is 2.70. The van der Waals surface area contributed by atoms with Gasteiger partial charge in [-0.05, 0) is 43.3 Å². The highest BCUT2D eigenvalue weighted by atomic mass is 19.1. The van der Waals surface area contributed by atoms with Crippen LogP contribution < -0.4 is 5.32 Å². The van der Waals surface area contributed by atoms with Gasteiger partial charge in [0, 0.05) is 16.8 Å². The molecule has 0 fully saturated rings. The quantitative estimate of drug-likeness (QED) is 0.540. The van der Waals surface area contributed by atoms with E-state index in [-0.39, 0.29) is 5.56 Å². The fourth-order valence-electron chi connectivity index (χ4n) is 2.70. The van der Waals surface area contributed by atoms with Crippen LogP contribution in [0, 0.1) is 12.7 Å². The molecule has 0 atom stereocenters. The number of nitrogens with one attached hydrogen (secondary N) is 1. The minimum absolute atomic E-state index is 0.00813. The van der Waals surface area contributed by atoms with E-state index in [0.717, 1.165) is 16.7 Å². The van der Waals surface area contributed by atoms with Crippen molar-refractivity contribution >= 4 is 11.6 Å². The number of amides is 1. The summed E-state index contributed by atoms with van der Waals surface area (Å²) in [4.78, 5) is 16.6. The molecular weight excluding hydrogens is 357 g/mol. The Bertz CT molecular complexity index is 1120. The van der Waals surface area contributed by atoms with Crippen molar-refractivity contribution in [3.05, 3.63) is 89.7 Å². The number of carbonyl (C=O) groups is 1. The Hall–Kier alpha value is -3.80. The van der Waals surface area contributed by atoms with Crippen LogP contribution in [0.1, 0.15) is 15.9 Å². The van der Waals surface area contributed by atoms with Crippen molar-refractivity contribution in [1.82, 2.24) is 10.1 Å². The maximum absolute atomic E-state index is 13.7. The number of hydrogen-bond acceptors (Lipinski definition) is 4. The van der Waals surface area contributed by atoms with Gasteiger partial charge in [-0.25, -0.2) is 4.39 Å². The first-order chi connectivity index (χ1) is 13.6. The van der Waals surface area contributed by atoms with Gasteiger partial charge in [0.05, 0.1) is 5.56 Å². The standard InChI is InChI=1S/C22H16FN3O2/c1-14-6-8-15(9-7-14)20-25-22(28-26-20)16-10-12-17(13-11-16)24-21(27)18-4-2-3-5-19(18)23/h2-13H,1H3,(H,24,27). The van der Waals surface area contributed by atoms with E-state index in [1.54, 1.807) is 30.3 Å². The molecule has 1 aromatic heterocycles. The summed E-state index contributed by atoms with van der Waals surface area (Å²) < 4.78 is 19.0. The minimum atomic E-state index is -0.564. The third kappa shape index (κ3) is 3.66. The normalized spacial score (nSPS) is 10.6. The monoisotopic (exact) mass is 373 g/mol. The molecule has 0 aliphatic carbocycles. The van der Waals surface area contributed by atoms with Gasteiger partial charge in [0.15, 0.2) is 0 Å². The molecule has 0 aliphatic heterocycles. The second-order valence-electron chi connectivity index (χ2n) is 6.30. The van der Waals surface area contributed by atoms with E-state index in [9.17, 15) is 9.18 Å². The predicted molar refractivity (Wildman–Crippen MR) is 104 cm³/mol. The van der Waals surface area contributed by atoms with E-state index in [2.05, 4.69) is 15.5 Å². The second kappa shape index (κ2) is 7.44. The second-order valence-corrected chi connectivity index (χ2v) is 6.30. The highest BCUT2D eigenvalue weighted by Crippen LogP contribution is 2.24. The van der Waals surface area contributed by atoms with E-state index >= 15 is 0 Å². The summed E-state index contributed by atoms with van der Waals surface area (Å²) in [6, 6.07) is 20.6. The van der Waals surface area contributed by atoms with Gasteiger partial charge < -0.3 is 9.84 Å². The molecule has 0 saturated carbocycles. The molecule has 4 rings (SSSR count). The topological polar surface area (TPSA) is 68.0 Å². The van der Waals surface area contributed by atoms with Crippen molar-refractivity contribution in [2.75, 3.05) is 5.32 Å². The Morgan fingerprint density at radius 1 is 0.929 bits per heavy atom. The summed E-state index contributed by atoms with van der Waals surface area (Å²) >= 11 is 0. The van der Waals surface area contributed by atoms with Crippen LogP contribution in [0.3, 0.4) is 0 Å². The maximum atomic E-state index is 13.7. The summed E-state index contributed by atoms with van der Waals surface area (Å²) in [5, 5.41) is 6.68. The van der Waals surface area contributed by atoms with Gasteiger partial charge >= 0.3 is 0 Å². The van der Waals surface area contributed by atoms with Crippen LogP contribution >= 0.6 is 0 Å². The maximum Gasteiger partial charge on any atom is 0.258 e. The van der Waals surface area contributed by atoms with E-state index in [0.29, 0.717) is 17.4 Å². The molecule has 0 aliphatic rings. The molecule has 1 heterocycles. The number of rotatable bonds is 4. The molecule has 0 unspecified atom stereocenters. The molecule has 5 nitrogen and oxygen atoms in total. The van der Waals surface area contributed by atoms with Crippen LogP contribution in [-0.4, -0.2) is 16.0 Å². The number of aromatic nitrogens is 2. The van der Waals surface area contributed by atoms with E-state index in [1.807, 2.05) is 31.2 Å². The zero-order valence-corrected chi connectivity index (χ0v) is 15.0. The van der Waals surface area contributed by atoms with Gasteiger partial charge in [-0.3, -0.25) is 4.79 Å². The van der Waals surface area contributed by atoms with Crippen LogP contribution in [0.25, 0.3) is 22.8 Å². The molecule has 138 valence electrons. The van der Waals surface area contributed by atoms with Gasteiger partial charge in [0.2, 0.25) is 5.82 Å². The van der Waals surface area contributed by atoms with Crippen molar-refractivity contribution in [1.29, 1.82) is 0 Å². The number of halogens is 1. The number of aryl methyl sites for hydroxylation is 1. The highest BCUT2D eigenvalue weighted by Gasteiger charge is 2.13. The first kappa shape index (κ1) is 17.6. The van der Waals surface area contributed by atoms with Crippen LogP contribution in [0.15, 0.2) is 77.3 Å². The Balaban J connectivity index is 1.50. The zero-order valence-electron chi connectivity index (χ0n) is 15.0. The number of hydrogen-bond donors (Lipinski definition) is 1. The molecule has 4 aromatic rings. The summed E-state index contributed by atoms with van der Waals surface area (Å²) in [6.45, 7) is 2.01. The summed E-state index contributed by atoms with van der Waals surface area (Å²) in [7, 11) is 0. The van der Waals surface area contributed by atoms with E-state index < -0.39 is 11.7 Å². The van der Waals surface area contributed by atoms with Gasteiger partial charge in [0.1, 0.15) is 5.82 Å². The van der Waals surface area contributed by atoms with Gasteiger partial charge in [-0.1, -0.05) is 47.1 Å². The van der Waals surface area contributed by atoms with Crippen molar-refractivity contribution < 1.29 is 13.7 Å². The van der Waals surface area contributed by atoms with Gasteiger partial charge in [-0.15, -0.1) is 0 Å². The van der Waals surface area contributed by atoms with Crippen LogP contribution in [-0.2, 0) is 0 Å². The van der Waals surface area contributed by atoms with Gasteiger partial charge in [-0.2, -0.15) is 4.98 Å². The third-order valence-electron chi connectivity index (χ3n) is 4.24. The Labute approximate surface area is 160 Å². The predicted octanol–water partition coefficient (Wildman–Crippen LogP) is 5.10. The highest BCUT2D eigenvalue weighted by molar-refractivity contribution is 6.04. The lowest BCUT2D eigenvalue weighted by Gasteiger charge is -2.06. The van der Waals surface area contributed by atoms with Gasteiger partial charge in [0.25, 0.3) is 11.8 Å². The summed E-state index contributed by atoms with van der Waals surface area (Å²) in [6.07, 6.45) is 0. The molecule has 0 saturated heterocycles. The zero-order chi connectivity index (χ0) is 19.5. The SMILES string of the molecule is Cc1ccc(-c2noc(-c3ccc(NC(=O)c4ccccc4F)cc3)n2)cc1. The van der Waals surface area contributed by atoms with Crippen molar-refractivity contribution in [2.24, 2.45) is 0 Å². The molecule has 3 aromatic carbocycles. The molecule has 1 N–H and O–H groups in total. The Morgan fingerprint density at radius 3 is 2.32 bits per heavy atom. The number of benzene rings is 3. The molecule has 0 spiro atoms. The third-order valence-corrected chi connectivity index (χ3v) is 4.24. The number of carbonyl (C=O) groups excluding carboxylic acids is 1. The minimum Gasteiger partial charge on any atom is -0.334 e. The largest absolute Gasteiger partial charge is 0.334 e. The van der Waals surface area contributed by atoms with Crippen LogP contribution in [0.2, 0.25) is 0 Å². The summed E-state index contributed by atoms with van der Waals surface area (Å²) in [5.41, 5.74) is 3.27. The Kier molecular flexibility index (Phi) is 4.68. The van der Waals surface area contributed by atoms with E-state index in [1.165, 1.54) is 18.2 Å². The smallest absolute Gasteiger partial charge is 0.258 e. The average molecular weight is 373 g/mol. The first-order valence-corrected chi connectivity index (χ1v) is 8.67. The first-order valence-electron chi connectivity index (χ1n) is 8.67. The number of nitrogens with zero attached hydrogens (tertiary/aromatic N) is 2. The van der Waals surface area contributed by atoms with Crippen molar-refractivity contribution in [3.63, 3.8) is 0 Å². The van der Waals surface area contributed by atoms with Crippen molar-refractivity contribution in [2.45, 2.75) is 6.92 Å². The molecular formula is C22H16FN3O2. The fraction of sp³-hybridized carbons (Fsp3) is 0.0455. The average Bonchev–Trinajstić information content (AvgIpc) is 3.19. The molecule has 0 radical (unpaired) electrons. The lowest BCUT2D eigenvalue weighted by atomic mass is 10.1. The summed E-state index contributed by atoms with van der Waals surface area (Å²) in [5.74, 6) is -0.189. The van der Waals surface area contributed by atoms with Crippen molar-refractivity contribution in [3.8, 4) is 22.8 Å².